The molecule has 0 aromatic heterocycles. The molecule has 0 aliphatic rings. The third kappa shape index (κ3) is 2.36. The Balaban J connectivity index is 0.00000121. The molecule has 1 rings (SSSR count). The molecule has 3 nitrogen and oxygen atoms in total. The lowest BCUT2D eigenvalue weighted by atomic mass is 10.1. The smallest absolute Gasteiger partial charge is 0.337 e. The summed E-state index contributed by atoms with van der Waals surface area (Å²) in [5.41, 5.74) is 0.403. The molecule has 0 spiro atoms. The lowest BCUT2D eigenvalue weighted by Gasteiger charge is -2.03. The van der Waals surface area contributed by atoms with Gasteiger partial charge in [0.05, 0.1) is 0 Å². The average Bonchev–Trinajstić information content (AvgIpc) is 2.05. The van der Waals surface area contributed by atoms with E-state index in [1.807, 2.05) is 0 Å². The summed E-state index contributed by atoms with van der Waals surface area (Å²) in [5, 5.41) is 17.4. The van der Waals surface area contributed by atoms with Crippen molar-refractivity contribution in [3.05, 3.63) is 35.9 Å². The third-order valence-corrected chi connectivity index (χ3v) is 1.35. The molecule has 0 aliphatic carbocycles. The fraction of sp³-hybridized carbons (Fsp3) is 0.222. The van der Waals surface area contributed by atoms with E-state index >= 15 is 0 Å². The number of aliphatic hydroxyl groups excluding tert-OH is 1. The second-order valence-electron chi connectivity index (χ2n) is 2.15. The topological polar surface area (TPSA) is 57.5 Å². The maximum absolute atomic E-state index is 10.2. The van der Waals surface area contributed by atoms with Crippen molar-refractivity contribution in [2.75, 3.05) is 0 Å². The summed E-state index contributed by atoms with van der Waals surface area (Å²) >= 11 is 0. The molecule has 3 heteroatoms. The molecular formula is C9H12O3. The Labute approximate surface area is 71.3 Å². The van der Waals surface area contributed by atoms with Crippen LogP contribution in [0.4, 0.5) is 0 Å². The number of aliphatic carboxylic acids is 1. The van der Waals surface area contributed by atoms with E-state index in [1.54, 1.807) is 30.3 Å². The summed E-state index contributed by atoms with van der Waals surface area (Å²) in [7, 11) is 0. The van der Waals surface area contributed by atoms with Gasteiger partial charge in [-0.15, -0.1) is 0 Å². The number of carbonyl (C=O) groups is 1. The van der Waals surface area contributed by atoms with E-state index in [4.69, 9.17) is 10.2 Å². The number of carboxylic acids is 1. The van der Waals surface area contributed by atoms with Crippen LogP contribution in [-0.4, -0.2) is 16.2 Å². The van der Waals surface area contributed by atoms with Crippen molar-refractivity contribution in [2.45, 2.75) is 13.5 Å². The first kappa shape index (κ1) is 10.7. The lowest BCUT2D eigenvalue weighted by Crippen LogP contribution is -2.09. The van der Waals surface area contributed by atoms with Crippen LogP contribution < -0.4 is 0 Å². The first-order valence-electron chi connectivity index (χ1n) is 3.17. The first-order chi connectivity index (χ1) is 5.22. The van der Waals surface area contributed by atoms with Crippen LogP contribution in [0.25, 0.3) is 0 Å². The van der Waals surface area contributed by atoms with Crippen LogP contribution in [-0.2, 0) is 4.79 Å². The summed E-state index contributed by atoms with van der Waals surface area (Å²) in [6, 6.07) is 8.26. The van der Waals surface area contributed by atoms with Gasteiger partial charge in [-0.3, -0.25) is 0 Å². The first-order valence-corrected chi connectivity index (χ1v) is 3.17. The van der Waals surface area contributed by atoms with E-state index in [2.05, 4.69) is 0 Å². The summed E-state index contributed by atoms with van der Waals surface area (Å²) in [6.45, 7) is 0. The second-order valence-corrected chi connectivity index (χ2v) is 2.15. The molecule has 0 saturated heterocycles. The summed E-state index contributed by atoms with van der Waals surface area (Å²) in [4.78, 5) is 10.2. The predicted octanol–water partition coefficient (Wildman–Crippen LogP) is 1.44. The van der Waals surface area contributed by atoms with Gasteiger partial charge in [0.15, 0.2) is 6.10 Å². The molecule has 0 fully saturated rings. The summed E-state index contributed by atoms with van der Waals surface area (Å²) in [5.74, 6) is -1.23. The van der Waals surface area contributed by atoms with Gasteiger partial charge < -0.3 is 10.2 Å². The number of hydrogen-bond donors (Lipinski definition) is 2. The quantitative estimate of drug-likeness (QED) is 0.702. The predicted molar refractivity (Wildman–Crippen MR) is 45.8 cm³/mol. The van der Waals surface area contributed by atoms with E-state index in [0.29, 0.717) is 5.56 Å². The van der Waals surface area contributed by atoms with Crippen molar-refractivity contribution in [2.24, 2.45) is 0 Å². The molecule has 0 saturated carbocycles. The Morgan fingerprint density at radius 2 is 1.75 bits per heavy atom. The highest BCUT2D eigenvalue weighted by Gasteiger charge is 2.14. The Bertz CT molecular complexity index is 243. The van der Waals surface area contributed by atoms with Crippen LogP contribution in [0.15, 0.2) is 30.3 Å². The summed E-state index contributed by atoms with van der Waals surface area (Å²) < 4.78 is 0. The van der Waals surface area contributed by atoms with Gasteiger partial charge >= 0.3 is 5.97 Å². The van der Waals surface area contributed by atoms with Gasteiger partial charge in [0.25, 0.3) is 0 Å². The molecular weight excluding hydrogens is 156 g/mol. The van der Waals surface area contributed by atoms with Gasteiger partial charge in [-0.05, 0) is 5.56 Å². The molecule has 66 valence electrons. The highest BCUT2D eigenvalue weighted by molar-refractivity contribution is 5.73. The van der Waals surface area contributed by atoms with Gasteiger partial charge in [-0.1, -0.05) is 37.8 Å². The minimum absolute atomic E-state index is 0. The van der Waals surface area contributed by atoms with Gasteiger partial charge in [0, 0.05) is 0 Å². The van der Waals surface area contributed by atoms with E-state index in [0.717, 1.165) is 0 Å². The molecule has 1 aromatic carbocycles. The zero-order valence-corrected chi connectivity index (χ0v) is 5.77. The second kappa shape index (κ2) is 4.51. The molecule has 1 unspecified atom stereocenters. The standard InChI is InChI=1S/C8H8O3.CH4/c9-7(8(10)11)6-4-2-1-3-5-6;/h1-5,7,9H,(H,10,11);1H4. The monoisotopic (exact) mass is 168 g/mol. The van der Waals surface area contributed by atoms with Crippen LogP contribution in [0, 0.1) is 0 Å². The largest absolute Gasteiger partial charge is 0.479 e. The maximum Gasteiger partial charge on any atom is 0.337 e. The van der Waals surface area contributed by atoms with E-state index in [9.17, 15) is 4.79 Å². The highest BCUT2D eigenvalue weighted by atomic mass is 16.4. The Morgan fingerprint density at radius 1 is 1.25 bits per heavy atom. The zero-order valence-electron chi connectivity index (χ0n) is 5.77. The van der Waals surface area contributed by atoms with Crippen molar-refractivity contribution in [1.29, 1.82) is 0 Å². The molecule has 12 heavy (non-hydrogen) atoms. The normalized spacial score (nSPS) is 11.4. The van der Waals surface area contributed by atoms with Crippen LogP contribution in [0.1, 0.15) is 19.1 Å². The molecule has 1 aromatic rings. The lowest BCUT2D eigenvalue weighted by molar-refractivity contribution is -0.146. The number of aliphatic hydroxyl groups is 1. The van der Waals surface area contributed by atoms with Crippen molar-refractivity contribution in [3.8, 4) is 0 Å². The van der Waals surface area contributed by atoms with Gasteiger partial charge in [0.2, 0.25) is 0 Å². The number of hydrogen-bond acceptors (Lipinski definition) is 2. The molecule has 2 N–H and O–H groups in total. The van der Waals surface area contributed by atoms with Crippen LogP contribution >= 0.6 is 0 Å². The maximum atomic E-state index is 10.2. The minimum Gasteiger partial charge on any atom is -0.479 e. The SMILES string of the molecule is C.O=C(O)C(O)c1ccccc1. The Hall–Kier alpha value is -1.35. The van der Waals surface area contributed by atoms with Crippen LogP contribution in [0.5, 0.6) is 0 Å². The van der Waals surface area contributed by atoms with Crippen molar-refractivity contribution < 1.29 is 15.0 Å². The van der Waals surface area contributed by atoms with Crippen molar-refractivity contribution in [1.82, 2.24) is 0 Å². The summed E-state index contributed by atoms with van der Waals surface area (Å²) in [6.07, 6.45) is -1.41. The van der Waals surface area contributed by atoms with E-state index in [-0.39, 0.29) is 7.43 Å². The van der Waals surface area contributed by atoms with Crippen LogP contribution in [0.3, 0.4) is 0 Å². The molecule has 0 amide bonds. The van der Waals surface area contributed by atoms with Gasteiger partial charge in [0.1, 0.15) is 0 Å². The molecule has 0 radical (unpaired) electrons. The third-order valence-electron chi connectivity index (χ3n) is 1.35. The Morgan fingerprint density at radius 3 is 2.17 bits per heavy atom. The number of benzene rings is 1. The number of rotatable bonds is 2. The average molecular weight is 168 g/mol. The van der Waals surface area contributed by atoms with Gasteiger partial charge in [-0.25, -0.2) is 4.79 Å². The van der Waals surface area contributed by atoms with Crippen LogP contribution in [0.2, 0.25) is 0 Å². The molecule has 0 bridgehead atoms. The molecule has 0 aliphatic heterocycles. The number of carboxylic acid groups (broad SMARTS) is 1. The fourth-order valence-corrected chi connectivity index (χ4v) is 0.778. The van der Waals surface area contributed by atoms with E-state index in [1.165, 1.54) is 0 Å². The fourth-order valence-electron chi connectivity index (χ4n) is 0.778. The molecule has 0 heterocycles. The zero-order chi connectivity index (χ0) is 8.27. The van der Waals surface area contributed by atoms with E-state index < -0.39 is 12.1 Å². The van der Waals surface area contributed by atoms with Crippen molar-refractivity contribution in [3.63, 3.8) is 0 Å². The van der Waals surface area contributed by atoms with Crippen molar-refractivity contribution >= 4 is 5.97 Å². The minimum atomic E-state index is -1.41. The van der Waals surface area contributed by atoms with Gasteiger partial charge in [-0.2, -0.15) is 0 Å². The molecule has 1 atom stereocenters. The Kier molecular flexibility index (Phi) is 4.00. The highest BCUT2D eigenvalue weighted by Crippen LogP contribution is 2.10.